The molecule has 1 N–H and O–H groups in total. The average Bonchev–Trinajstić information content (AvgIpc) is 3.09. The predicted molar refractivity (Wildman–Crippen MR) is 92.0 cm³/mol. The van der Waals surface area contributed by atoms with E-state index in [2.05, 4.69) is 5.32 Å². The van der Waals surface area contributed by atoms with E-state index in [1.807, 2.05) is 42.5 Å². The Bertz CT molecular complexity index is 612. The molecule has 0 spiro atoms. The molecule has 2 aromatic rings. The zero-order valence-electron chi connectivity index (χ0n) is 13.6. The molecule has 3 heteroatoms. The number of amides is 1. The van der Waals surface area contributed by atoms with E-state index in [1.54, 1.807) is 0 Å². The predicted octanol–water partition coefficient (Wildman–Crippen LogP) is 4.58. The topological polar surface area (TPSA) is 42.2 Å². The summed E-state index contributed by atoms with van der Waals surface area (Å²) >= 11 is 0. The number of rotatable bonds is 6. The molecule has 1 aromatic carbocycles. The molecule has 0 saturated heterocycles. The Morgan fingerprint density at radius 3 is 2.61 bits per heavy atom. The fourth-order valence-corrected chi connectivity index (χ4v) is 3.24. The first-order chi connectivity index (χ1) is 11.3. The number of nitrogens with one attached hydrogen (secondary N) is 1. The van der Waals surface area contributed by atoms with Crippen LogP contribution in [0.15, 0.2) is 46.9 Å². The van der Waals surface area contributed by atoms with Crippen LogP contribution >= 0.6 is 0 Å². The fourth-order valence-electron chi connectivity index (χ4n) is 3.24. The van der Waals surface area contributed by atoms with Crippen molar-refractivity contribution in [2.75, 3.05) is 6.54 Å². The zero-order chi connectivity index (χ0) is 15.9. The number of hydrogen-bond donors (Lipinski definition) is 1. The van der Waals surface area contributed by atoms with Gasteiger partial charge in [-0.2, -0.15) is 0 Å². The van der Waals surface area contributed by atoms with Crippen LogP contribution in [0.5, 0.6) is 0 Å². The average molecular weight is 311 g/mol. The molecule has 1 heterocycles. The fraction of sp³-hybridized carbons (Fsp3) is 0.450. The van der Waals surface area contributed by atoms with Crippen LogP contribution in [0.2, 0.25) is 0 Å². The molecule has 1 aliphatic carbocycles. The van der Waals surface area contributed by atoms with E-state index < -0.39 is 0 Å². The standard InChI is InChI=1S/C20H25NO2/c22-20(21-15-16-7-3-1-4-8-16)14-12-18-11-13-19(23-18)17-9-5-2-6-10-17/h2,5-6,9-11,13,16H,1,3-4,7-8,12,14-15H2,(H,21,22). The minimum absolute atomic E-state index is 0.133. The number of carbonyl (C=O) groups is 1. The lowest BCUT2D eigenvalue weighted by molar-refractivity contribution is -0.121. The molecule has 1 saturated carbocycles. The molecule has 0 radical (unpaired) electrons. The van der Waals surface area contributed by atoms with Gasteiger partial charge in [-0.05, 0) is 30.9 Å². The molecule has 0 bridgehead atoms. The summed E-state index contributed by atoms with van der Waals surface area (Å²) in [7, 11) is 0. The van der Waals surface area contributed by atoms with Crippen molar-refractivity contribution < 1.29 is 9.21 Å². The van der Waals surface area contributed by atoms with Crippen molar-refractivity contribution in [3.8, 4) is 11.3 Å². The van der Waals surface area contributed by atoms with Crippen LogP contribution in [0, 0.1) is 5.92 Å². The van der Waals surface area contributed by atoms with Gasteiger partial charge in [-0.15, -0.1) is 0 Å². The van der Waals surface area contributed by atoms with Crippen molar-refractivity contribution in [1.29, 1.82) is 0 Å². The molecule has 0 atom stereocenters. The summed E-state index contributed by atoms with van der Waals surface area (Å²) < 4.78 is 5.83. The highest BCUT2D eigenvalue weighted by molar-refractivity contribution is 5.76. The maximum atomic E-state index is 12.0. The third kappa shape index (κ3) is 4.72. The van der Waals surface area contributed by atoms with Gasteiger partial charge in [0.2, 0.25) is 5.91 Å². The highest BCUT2D eigenvalue weighted by Gasteiger charge is 2.14. The lowest BCUT2D eigenvalue weighted by Crippen LogP contribution is -2.30. The van der Waals surface area contributed by atoms with Crippen molar-refractivity contribution in [3.63, 3.8) is 0 Å². The summed E-state index contributed by atoms with van der Waals surface area (Å²) in [4.78, 5) is 12.0. The summed E-state index contributed by atoms with van der Waals surface area (Å²) in [6.07, 6.45) is 7.66. The first-order valence-corrected chi connectivity index (χ1v) is 8.72. The van der Waals surface area contributed by atoms with E-state index >= 15 is 0 Å². The molecule has 0 unspecified atom stereocenters. The van der Waals surface area contributed by atoms with Crippen molar-refractivity contribution in [2.24, 2.45) is 5.92 Å². The lowest BCUT2D eigenvalue weighted by atomic mass is 9.89. The summed E-state index contributed by atoms with van der Waals surface area (Å²) in [5.74, 6) is 2.55. The van der Waals surface area contributed by atoms with E-state index in [9.17, 15) is 4.79 Å². The Labute approximate surface area is 138 Å². The van der Waals surface area contributed by atoms with Gasteiger partial charge in [0, 0.05) is 24.9 Å². The third-order valence-electron chi connectivity index (χ3n) is 4.63. The van der Waals surface area contributed by atoms with Crippen molar-refractivity contribution in [3.05, 3.63) is 48.2 Å². The van der Waals surface area contributed by atoms with Gasteiger partial charge in [-0.25, -0.2) is 0 Å². The number of aryl methyl sites for hydroxylation is 1. The minimum atomic E-state index is 0.133. The van der Waals surface area contributed by atoms with Gasteiger partial charge in [0.25, 0.3) is 0 Å². The molecular weight excluding hydrogens is 286 g/mol. The van der Waals surface area contributed by atoms with Crippen molar-refractivity contribution in [1.82, 2.24) is 5.32 Å². The largest absolute Gasteiger partial charge is 0.461 e. The van der Waals surface area contributed by atoms with Gasteiger partial charge < -0.3 is 9.73 Å². The Hall–Kier alpha value is -2.03. The first-order valence-electron chi connectivity index (χ1n) is 8.72. The van der Waals surface area contributed by atoms with Crippen LogP contribution in [0.1, 0.15) is 44.3 Å². The van der Waals surface area contributed by atoms with Crippen molar-refractivity contribution >= 4 is 5.91 Å². The van der Waals surface area contributed by atoms with Gasteiger partial charge in [0.05, 0.1) is 0 Å². The maximum absolute atomic E-state index is 12.0. The number of carbonyl (C=O) groups excluding carboxylic acids is 1. The van der Waals surface area contributed by atoms with Gasteiger partial charge in [-0.1, -0.05) is 49.6 Å². The molecule has 1 aliphatic rings. The number of furan rings is 1. The van der Waals surface area contributed by atoms with Crippen LogP contribution < -0.4 is 5.32 Å². The van der Waals surface area contributed by atoms with E-state index in [1.165, 1.54) is 32.1 Å². The molecule has 1 amide bonds. The monoisotopic (exact) mass is 311 g/mol. The van der Waals surface area contributed by atoms with Crippen LogP contribution in [-0.2, 0) is 11.2 Å². The molecule has 1 aromatic heterocycles. The van der Waals surface area contributed by atoms with E-state index in [0.717, 1.165) is 23.6 Å². The van der Waals surface area contributed by atoms with Gasteiger partial charge >= 0.3 is 0 Å². The summed E-state index contributed by atoms with van der Waals surface area (Å²) in [6.45, 7) is 0.840. The first kappa shape index (κ1) is 15.9. The van der Waals surface area contributed by atoms with E-state index in [0.29, 0.717) is 18.8 Å². The van der Waals surface area contributed by atoms with Crippen LogP contribution in [0.3, 0.4) is 0 Å². The molecule has 23 heavy (non-hydrogen) atoms. The third-order valence-corrected chi connectivity index (χ3v) is 4.63. The Morgan fingerprint density at radius 1 is 1.04 bits per heavy atom. The molecule has 122 valence electrons. The van der Waals surface area contributed by atoms with Gasteiger partial charge in [0.1, 0.15) is 11.5 Å². The molecule has 0 aliphatic heterocycles. The van der Waals surface area contributed by atoms with E-state index in [-0.39, 0.29) is 5.91 Å². The highest BCUT2D eigenvalue weighted by atomic mass is 16.3. The normalized spacial score (nSPS) is 15.5. The quantitative estimate of drug-likeness (QED) is 0.848. The second-order valence-electron chi connectivity index (χ2n) is 6.44. The molecule has 3 rings (SSSR count). The molecule has 1 fully saturated rings. The van der Waals surface area contributed by atoms with E-state index in [4.69, 9.17) is 4.42 Å². The van der Waals surface area contributed by atoms with Crippen LogP contribution in [0.25, 0.3) is 11.3 Å². The second kappa shape index (κ2) is 8.00. The zero-order valence-corrected chi connectivity index (χ0v) is 13.6. The SMILES string of the molecule is O=C(CCc1ccc(-c2ccccc2)o1)NCC1CCCCC1. The molecule has 3 nitrogen and oxygen atoms in total. The Balaban J connectivity index is 1.43. The smallest absolute Gasteiger partial charge is 0.220 e. The number of benzene rings is 1. The number of hydrogen-bond acceptors (Lipinski definition) is 2. The summed E-state index contributed by atoms with van der Waals surface area (Å²) in [5, 5.41) is 3.08. The van der Waals surface area contributed by atoms with Gasteiger partial charge in [-0.3, -0.25) is 4.79 Å². The minimum Gasteiger partial charge on any atom is -0.461 e. The maximum Gasteiger partial charge on any atom is 0.220 e. The Morgan fingerprint density at radius 2 is 1.83 bits per heavy atom. The van der Waals surface area contributed by atoms with Crippen LogP contribution in [-0.4, -0.2) is 12.5 Å². The van der Waals surface area contributed by atoms with Crippen molar-refractivity contribution in [2.45, 2.75) is 44.9 Å². The summed E-state index contributed by atoms with van der Waals surface area (Å²) in [6, 6.07) is 14.0. The highest BCUT2D eigenvalue weighted by Crippen LogP contribution is 2.23. The van der Waals surface area contributed by atoms with Crippen LogP contribution in [0.4, 0.5) is 0 Å². The molecular formula is C20H25NO2. The lowest BCUT2D eigenvalue weighted by Gasteiger charge is -2.21. The Kier molecular flexibility index (Phi) is 5.51. The second-order valence-corrected chi connectivity index (χ2v) is 6.44. The summed E-state index contributed by atoms with van der Waals surface area (Å²) in [5.41, 5.74) is 1.07. The van der Waals surface area contributed by atoms with Gasteiger partial charge in [0.15, 0.2) is 0 Å².